The van der Waals surface area contributed by atoms with E-state index in [1.54, 1.807) is 16.7 Å². The Morgan fingerprint density at radius 1 is 0.500 bits per heavy atom. The van der Waals surface area contributed by atoms with Crippen molar-refractivity contribution in [1.29, 1.82) is 0 Å². The van der Waals surface area contributed by atoms with E-state index in [0.29, 0.717) is 5.92 Å². The molecule has 268 valence electrons. The summed E-state index contributed by atoms with van der Waals surface area (Å²) in [6, 6.07) is 54.1. The predicted molar refractivity (Wildman–Crippen MR) is 226 cm³/mol. The van der Waals surface area contributed by atoms with E-state index in [4.69, 9.17) is 0 Å². The SMILES string of the molecule is CCC1CCC2CCCC(C2)C12c1ccccc1-c1cc(N(c3cccc(-c4ccccc4)c3)c3ccc4c(c3)-c3ccccc3C43CCCC3)ccc12. The number of benzene rings is 6. The summed E-state index contributed by atoms with van der Waals surface area (Å²) in [6.45, 7) is 2.47. The molecule has 11 rings (SSSR count). The second-order valence-corrected chi connectivity index (χ2v) is 17.4. The molecular formula is C53H51N. The van der Waals surface area contributed by atoms with Crippen molar-refractivity contribution in [1.82, 2.24) is 0 Å². The van der Waals surface area contributed by atoms with Crippen LogP contribution in [0.25, 0.3) is 33.4 Å². The number of anilines is 3. The molecule has 5 aliphatic rings. The summed E-state index contributed by atoms with van der Waals surface area (Å²) < 4.78 is 0. The van der Waals surface area contributed by atoms with Crippen molar-refractivity contribution >= 4 is 17.1 Å². The molecular weight excluding hydrogens is 651 g/mol. The normalized spacial score (nSPS) is 24.1. The first-order valence-corrected chi connectivity index (χ1v) is 21.1. The Balaban J connectivity index is 1.12. The van der Waals surface area contributed by atoms with Gasteiger partial charge < -0.3 is 4.90 Å². The fourth-order valence-corrected chi connectivity index (χ4v) is 12.9. The molecule has 4 unspecified atom stereocenters. The van der Waals surface area contributed by atoms with Gasteiger partial charge in [0, 0.05) is 27.9 Å². The number of hydrogen-bond acceptors (Lipinski definition) is 1. The van der Waals surface area contributed by atoms with Gasteiger partial charge in [-0.15, -0.1) is 0 Å². The summed E-state index contributed by atoms with van der Waals surface area (Å²) in [5.41, 5.74) is 18.6. The van der Waals surface area contributed by atoms with Crippen molar-refractivity contribution in [2.75, 3.05) is 4.90 Å². The molecule has 1 heteroatoms. The molecule has 3 saturated carbocycles. The Morgan fingerprint density at radius 3 is 1.89 bits per heavy atom. The van der Waals surface area contributed by atoms with E-state index >= 15 is 0 Å². The van der Waals surface area contributed by atoms with Gasteiger partial charge in [0.25, 0.3) is 0 Å². The molecule has 0 saturated heterocycles. The summed E-state index contributed by atoms with van der Waals surface area (Å²) in [7, 11) is 0. The van der Waals surface area contributed by atoms with Crippen LogP contribution in [0.3, 0.4) is 0 Å². The van der Waals surface area contributed by atoms with Gasteiger partial charge in [0.05, 0.1) is 0 Å². The first kappa shape index (κ1) is 32.5. The zero-order chi connectivity index (χ0) is 35.9. The highest BCUT2D eigenvalue weighted by molar-refractivity contribution is 5.90. The topological polar surface area (TPSA) is 3.24 Å². The van der Waals surface area contributed by atoms with Crippen LogP contribution in [0.2, 0.25) is 0 Å². The lowest BCUT2D eigenvalue weighted by molar-refractivity contribution is 0.171. The van der Waals surface area contributed by atoms with Crippen molar-refractivity contribution in [2.24, 2.45) is 17.8 Å². The molecule has 0 radical (unpaired) electrons. The van der Waals surface area contributed by atoms with Crippen LogP contribution in [-0.4, -0.2) is 0 Å². The lowest BCUT2D eigenvalue weighted by atomic mass is 9.57. The fourth-order valence-electron chi connectivity index (χ4n) is 12.9. The van der Waals surface area contributed by atoms with Crippen molar-refractivity contribution < 1.29 is 0 Å². The molecule has 5 aliphatic carbocycles. The molecule has 2 bridgehead atoms. The minimum atomic E-state index is 0.110. The van der Waals surface area contributed by atoms with Crippen LogP contribution in [0.15, 0.2) is 140 Å². The number of rotatable bonds is 5. The largest absolute Gasteiger partial charge is 0.310 e. The maximum absolute atomic E-state index is 2.59. The van der Waals surface area contributed by atoms with Crippen molar-refractivity contribution in [2.45, 2.75) is 88.4 Å². The Morgan fingerprint density at radius 2 is 1.11 bits per heavy atom. The summed E-state index contributed by atoms with van der Waals surface area (Å²) in [5.74, 6) is 2.29. The van der Waals surface area contributed by atoms with Crippen LogP contribution in [0.5, 0.6) is 0 Å². The molecule has 4 atom stereocenters. The Hall–Kier alpha value is -4.88. The highest BCUT2D eigenvalue weighted by atomic mass is 15.1. The van der Waals surface area contributed by atoms with Crippen LogP contribution in [0.1, 0.15) is 99.8 Å². The molecule has 6 aromatic rings. The van der Waals surface area contributed by atoms with Crippen molar-refractivity contribution in [3.05, 3.63) is 162 Å². The molecule has 0 aliphatic heterocycles. The van der Waals surface area contributed by atoms with Crippen molar-refractivity contribution in [3.63, 3.8) is 0 Å². The standard InChI is InChI=1S/C53H51N/c1-2-39-25-24-36-14-12-18-40(32-36)53(39)50-23-9-7-21-45(50)47-35-43(27-29-51(47)53)54(41-19-13-17-38(33-41)37-15-4-3-5-16-37)42-26-28-49-46(34-42)44-20-6-8-22-48(44)52(49)30-10-11-31-52/h3-9,13,15-17,19-23,26-29,33-36,39-40H,2,10-12,14,18,24-25,30-32H2,1H3. The van der Waals surface area contributed by atoms with Gasteiger partial charge in [0.15, 0.2) is 0 Å². The smallest absolute Gasteiger partial charge is 0.0468 e. The third kappa shape index (κ3) is 4.63. The second kappa shape index (κ2) is 12.6. The lowest BCUT2D eigenvalue weighted by Crippen LogP contribution is -2.42. The minimum absolute atomic E-state index is 0.110. The quantitative estimate of drug-likeness (QED) is 0.173. The van der Waals surface area contributed by atoms with Gasteiger partial charge in [0.2, 0.25) is 0 Å². The molecule has 0 N–H and O–H groups in total. The minimum Gasteiger partial charge on any atom is -0.310 e. The van der Waals surface area contributed by atoms with Gasteiger partial charge in [-0.2, -0.15) is 0 Å². The summed E-state index contributed by atoms with van der Waals surface area (Å²) in [6.07, 6.45) is 14.7. The average molecular weight is 702 g/mol. The van der Waals surface area contributed by atoms with Crippen LogP contribution in [-0.2, 0) is 10.8 Å². The molecule has 3 fully saturated rings. The third-order valence-corrected chi connectivity index (χ3v) is 15.0. The molecule has 6 aromatic carbocycles. The maximum Gasteiger partial charge on any atom is 0.0468 e. The van der Waals surface area contributed by atoms with Gasteiger partial charge in [0.1, 0.15) is 0 Å². The highest BCUT2D eigenvalue weighted by Crippen LogP contribution is 2.64. The van der Waals surface area contributed by atoms with Gasteiger partial charge in [-0.05, 0) is 142 Å². The second-order valence-electron chi connectivity index (χ2n) is 17.4. The molecule has 0 aromatic heterocycles. The monoisotopic (exact) mass is 701 g/mol. The first-order valence-electron chi connectivity index (χ1n) is 21.1. The lowest BCUT2D eigenvalue weighted by Gasteiger charge is -2.46. The zero-order valence-electron chi connectivity index (χ0n) is 31.7. The molecule has 0 amide bonds. The summed E-state index contributed by atoms with van der Waals surface area (Å²) in [5, 5.41) is 0. The van der Waals surface area contributed by atoms with Crippen LogP contribution in [0.4, 0.5) is 17.1 Å². The van der Waals surface area contributed by atoms with Gasteiger partial charge in [-0.1, -0.05) is 149 Å². The van der Waals surface area contributed by atoms with Gasteiger partial charge in [-0.3, -0.25) is 0 Å². The highest BCUT2D eigenvalue weighted by Gasteiger charge is 2.55. The number of nitrogens with zero attached hydrogens (tertiary/aromatic N) is 1. The molecule has 54 heavy (non-hydrogen) atoms. The van der Waals surface area contributed by atoms with E-state index in [-0.39, 0.29) is 10.8 Å². The molecule has 1 nitrogen and oxygen atoms in total. The molecule has 2 spiro atoms. The zero-order valence-corrected chi connectivity index (χ0v) is 31.7. The van der Waals surface area contributed by atoms with E-state index in [2.05, 4.69) is 151 Å². The summed E-state index contributed by atoms with van der Waals surface area (Å²) >= 11 is 0. The Bertz CT molecular complexity index is 2380. The maximum atomic E-state index is 2.59. The third-order valence-electron chi connectivity index (χ3n) is 15.0. The number of fused-ring (bicyclic) bond motifs is 13. The first-order chi connectivity index (χ1) is 26.7. The van der Waals surface area contributed by atoms with E-state index in [1.807, 2.05) is 0 Å². The van der Waals surface area contributed by atoms with Crippen LogP contribution >= 0.6 is 0 Å². The van der Waals surface area contributed by atoms with Crippen molar-refractivity contribution in [3.8, 4) is 33.4 Å². The van der Waals surface area contributed by atoms with Crippen LogP contribution < -0.4 is 4.90 Å². The van der Waals surface area contributed by atoms with E-state index in [1.165, 1.54) is 127 Å². The number of hydrogen-bond donors (Lipinski definition) is 0. The van der Waals surface area contributed by atoms with E-state index in [9.17, 15) is 0 Å². The van der Waals surface area contributed by atoms with Gasteiger partial charge >= 0.3 is 0 Å². The average Bonchev–Trinajstić information content (AvgIpc) is 3.90. The summed E-state index contributed by atoms with van der Waals surface area (Å²) in [4.78, 5) is 2.56. The Kier molecular flexibility index (Phi) is 7.59. The Labute approximate surface area is 322 Å². The van der Waals surface area contributed by atoms with E-state index < -0.39 is 0 Å². The molecule has 0 heterocycles. The fraction of sp³-hybridized carbons (Fsp3) is 0.321. The van der Waals surface area contributed by atoms with Crippen LogP contribution in [0, 0.1) is 17.8 Å². The van der Waals surface area contributed by atoms with E-state index in [0.717, 1.165) is 11.8 Å². The predicted octanol–water partition coefficient (Wildman–Crippen LogP) is 14.6. The van der Waals surface area contributed by atoms with Gasteiger partial charge in [-0.25, -0.2) is 0 Å².